The summed E-state index contributed by atoms with van der Waals surface area (Å²) in [6, 6.07) is -0.850. The number of aliphatic carboxylic acids is 1. The van der Waals surface area contributed by atoms with Gasteiger partial charge in [-0.3, -0.25) is 9.59 Å². The summed E-state index contributed by atoms with van der Waals surface area (Å²) in [4.78, 5) is 36.1. The Morgan fingerprint density at radius 3 is 1.41 bits per heavy atom. The van der Waals surface area contributed by atoms with Crippen molar-refractivity contribution < 1.29 is 24.2 Å². The summed E-state index contributed by atoms with van der Waals surface area (Å²) in [7, 11) is 0. The van der Waals surface area contributed by atoms with Gasteiger partial charge in [0.05, 0.1) is 0 Å². The maximum atomic E-state index is 12.6. The van der Waals surface area contributed by atoms with E-state index >= 15 is 0 Å². The minimum absolute atomic E-state index is 0.0220. The SMILES string of the molecule is CCCCCCCCCCCCC(=O)OC(CCCCCCCCCC)CCCCCCCC(=O)NC(CCCN)C(=O)O. The van der Waals surface area contributed by atoms with E-state index in [0.29, 0.717) is 32.2 Å². The largest absolute Gasteiger partial charge is 0.480 e. The molecule has 0 bridgehead atoms. The number of esters is 1. The molecule has 0 aromatic heterocycles. The Balaban J connectivity index is 4.25. The lowest BCUT2D eigenvalue weighted by atomic mass is 10.0. The summed E-state index contributed by atoms with van der Waals surface area (Å²) in [5.74, 6) is -1.22. The van der Waals surface area contributed by atoms with Crippen LogP contribution in [-0.4, -0.2) is 41.6 Å². The standard InChI is InChI=1S/C37H72N2O5/c1-3-5-7-9-11-13-14-16-21-25-31-36(41)44-33(27-22-18-15-12-10-8-6-4-2)28-23-19-17-20-24-30-35(40)39-34(37(42)43)29-26-32-38/h33-34H,3-32,38H2,1-2H3,(H,39,40)(H,42,43). The van der Waals surface area contributed by atoms with Gasteiger partial charge >= 0.3 is 11.9 Å². The van der Waals surface area contributed by atoms with Crippen molar-refractivity contribution in [3.63, 3.8) is 0 Å². The quantitative estimate of drug-likeness (QED) is 0.0484. The van der Waals surface area contributed by atoms with Gasteiger partial charge in [-0.15, -0.1) is 0 Å². The van der Waals surface area contributed by atoms with Gasteiger partial charge in [-0.2, -0.15) is 0 Å². The van der Waals surface area contributed by atoms with Crippen molar-refractivity contribution in [1.82, 2.24) is 5.32 Å². The summed E-state index contributed by atoms with van der Waals surface area (Å²) in [6.07, 6.45) is 31.4. The first-order chi connectivity index (χ1) is 21.4. The lowest BCUT2D eigenvalue weighted by molar-refractivity contribution is -0.150. The van der Waals surface area contributed by atoms with Gasteiger partial charge in [0.25, 0.3) is 0 Å². The lowest BCUT2D eigenvalue weighted by Crippen LogP contribution is -2.40. The van der Waals surface area contributed by atoms with Crippen LogP contribution in [0.4, 0.5) is 0 Å². The summed E-state index contributed by atoms with van der Waals surface area (Å²) < 4.78 is 5.99. The fourth-order valence-corrected chi connectivity index (χ4v) is 5.80. The second-order valence-electron chi connectivity index (χ2n) is 13.0. The number of rotatable bonds is 34. The molecule has 7 nitrogen and oxygen atoms in total. The number of hydrogen-bond acceptors (Lipinski definition) is 5. The molecule has 0 saturated heterocycles. The van der Waals surface area contributed by atoms with E-state index in [0.717, 1.165) is 64.2 Å². The highest BCUT2D eigenvalue weighted by atomic mass is 16.5. The van der Waals surface area contributed by atoms with Crippen LogP contribution in [0.2, 0.25) is 0 Å². The third-order valence-electron chi connectivity index (χ3n) is 8.67. The molecule has 0 spiro atoms. The van der Waals surface area contributed by atoms with Crippen molar-refractivity contribution in [2.24, 2.45) is 5.73 Å². The van der Waals surface area contributed by atoms with Gasteiger partial charge in [0.1, 0.15) is 12.1 Å². The van der Waals surface area contributed by atoms with E-state index in [2.05, 4.69) is 19.2 Å². The third kappa shape index (κ3) is 29.1. The Bertz CT molecular complexity index is 672. The first-order valence-electron chi connectivity index (χ1n) is 18.9. The molecule has 260 valence electrons. The molecule has 0 fully saturated rings. The molecular weight excluding hydrogens is 552 g/mol. The number of amides is 1. The summed E-state index contributed by atoms with van der Waals surface area (Å²) in [6.45, 7) is 4.92. The van der Waals surface area contributed by atoms with Gasteiger partial charge in [-0.1, -0.05) is 136 Å². The van der Waals surface area contributed by atoms with Crippen LogP contribution in [0.1, 0.15) is 200 Å². The highest BCUT2D eigenvalue weighted by Crippen LogP contribution is 2.19. The number of unbranched alkanes of at least 4 members (excludes halogenated alkanes) is 20. The van der Waals surface area contributed by atoms with Gasteiger partial charge in [0.2, 0.25) is 5.91 Å². The predicted molar refractivity (Wildman–Crippen MR) is 184 cm³/mol. The Kier molecular flexibility index (Phi) is 31.5. The Hall–Kier alpha value is -1.63. The molecule has 1 amide bonds. The molecule has 0 saturated carbocycles. The Morgan fingerprint density at radius 2 is 0.977 bits per heavy atom. The van der Waals surface area contributed by atoms with E-state index in [1.54, 1.807) is 0 Å². The molecule has 0 aromatic rings. The number of carboxylic acid groups (broad SMARTS) is 1. The van der Waals surface area contributed by atoms with E-state index in [1.807, 2.05) is 0 Å². The average Bonchev–Trinajstić information content (AvgIpc) is 3.00. The maximum absolute atomic E-state index is 12.6. The molecule has 2 atom stereocenters. The normalized spacial score (nSPS) is 12.6. The molecule has 2 unspecified atom stereocenters. The third-order valence-corrected chi connectivity index (χ3v) is 8.67. The maximum Gasteiger partial charge on any atom is 0.326 e. The molecule has 0 aromatic carbocycles. The zero-order valence-electron chi connectivity index (χ0n) is 29.0. The first kappa shape index (κ1) is 42.4. The van der Waals surface area contributed by atoms with Gasteiger partial charge in [-0.25, -0.2) is 4.79 Å². The second kappa shape index (κ2) is 32.8. The molecule has 0 aliphatic heterocycles. The van der Waals surface area contributed by atoms with Crippen molar-refractivity contribution in [3.05, 3.63) is 0 Å². The van der Waals surface area contributed by atoms with Crippen LogP contribution in [-0.2, 0) is 19.1 Å². The van der Waals surface area contributed by atoms with Gasteiger partial charge in [-0.05, 0) is 57.9 Å². The number of hydrogen-bond donors (Lipinski definition) is 3. The van der Waals surface area contributed by atoms with Gasteiger partial charge < -0.3 is 20.9 Å². The van der Waals surface area contributed by atoms with Crippen molar-refractivity contribution >= 4 is 17.8 Å². The Labute approximate surface area is 271 Å². The van der Waals surface area contributed by atoms with Crippen LogP contribution in [0, 0.1) is 0 Å². The number of ether oxygens (including phenoxy) is 1. The number of carbonyl (C=O) groups is 3. The van der Waals surface area contributed by atoms with Crippen molar-refractivity contribution in [1.29, 1.82) is 0 Å². The molecule has 4 N–H and O–H groups in total. The van der Waals surface area contributed by atoms with Crippen molar-refractivity contribution in [3.8, 4) is 0 Å². The molecule has 0 radical (unpaired) electrons. The zero-order valence-corrected chi connectivity index (χ0v) is 29.0. The van der Waals surface area contributed by atoms with Crippen LogP contribution in [0.25, 0.3) is 0 Å². The fourth-order valence-electron chi connectivity index (χ4n) is 5.80. The summed E-state index contributed by atoms with van der Waals surface area (Å²) in [5.41, 5.74) is 5.46. The van der Waals surface area contributed by atoms with Crippen LogP contribution in [0.5, 0.6) is 0 Å². The minimum Gasteiger partial charge on any atom is -0.480 e. The van der Waals surface area contributed by atoms with Crippen molar-refractivity contribution in [2.45, 2.75) is 212 Å². The molecule has 7 heteroatoms. The highest BCUT2D eigenvalue weighted by Gasteiger charge is 2.19. The zero-order chi connectivity index (χ0) is 32.5. The lowest BCUT2D eigenvalue weighted by Gasteiger charge is -2.18. The fraction of sp³-hybridized carbons (Fsp3) is 0.919. The second-order valence-corrected chi connectivity index (χ2v) is 13.0. The molecular formula is C37H72N2O5. The monoisotopic (exact) mass is 625 g/mol. The van der Waals surface area contributed by atoms with Crippen LogP contribution in [0.3, 0.4) is 0 Å². The number of carbonyl (C=O) groups excluding carboxylic acids is 2. The van der Waals surface area contributed by atoms with Gasteiger partial charge in [0.15, 0.2) is 0 Å². The first-order valence-corrected chi connectivity index (χ1v) is 18.9. The molecule has 0 aliphatic rings. The minimum atomic E-state index is -1.00. The smallest absolute Gasteiger partial charge is 0.326 e. The van der Waals surface area contributed by atoms with Crippen LogP contribution in [0.15, 0.2) is 0 Å². The predicted octanol–water partition coefficient (Wildman–Crippen LogP) is 9.78. The highest BCUT2D eigenvalue weighted by molar-refractivity contribution is 5.83. The summed E-state index contributed by atoms with van der Waals surface area (Å²) in [5, 5.41) is 11.9. The van der Waals surface area contributed by atoms with Crippen LogP contribution >= 0.6 is 0 Å². The summed E-state index contributed by atoms with van der Waals surface area (Å²) >= 11 is 0. The number of nitrogens with two attached hydrogens (primary N) is 1. The van der Waals surface area contributed by atoms with Gasteiger partial charge in [0, 0.05) is 12.8 Å². The van der Waals surface area contributed by atoms with E-state index in [1.165, 1.54) is 96.3 Å². The van der Waals surface area contributed by atoms with Crippen molar-refractivity contribution in [2.75, 3.05) is 6.54 Å². The average molecular weight is 625 g/mol. The molecule has 0 aliphatic carbocycles. The molecule has 44 heavy (non-hydrogen) atoms. The van der Waals surface area contributed by atoms with E-state index in [-0.39, 0.29) is 18.0 Å². The molecule has 0 rings (SSSR count). The van der Waals surface area contributed by atoms with Crippen LogP contribution < -0.4 is 11.1 Å². The van der Waals surface area contributed by atoms with E-state index in [9.17, 15) is 19.5 Å². The molecule has 0 heterocycles. The number of nitrogens with one attached hydrogen (secondary N) is 1. The number of carboxylic acids is 1. The van der Waals surface area contributed by atoms with E-state index < -0.39 is 12.0 Å². The Morgan fingerprint density at radius 1 is 0.568 bits per heavy atom. The topological polar surface area (TPSA) is 119 Å². The van der Waals surface area contributed by atoms with E-state index in [4.69, 9.17) is 10.5 Å².